The van der Waals surface area contributed by atoms with Gasteiger partial charge in [-0.2, -0.15) is 13.2 Å². The average Bonchev–Trinajstić information content (AvgIpc) is 3.19. The van der Waals surface area contributed by atoms with Gasteiger partial charge in [0.1, 0.15) is 5.75 Å². The van der Waals surface area contributed by atoms with Crippen molar-refractivity contribution in [1.29, 1.82) is 0 Å². The van der Waals surface area contributed by atoms with E-state index in [0.717, 1.165) is 11.8 Å². The van der Waals surface area contributed by atoms with Crippen molar-refractivity contribution >= 4 is 17.5 Å². The Morgan fingerprint density at radius 1 is 0.969 bits per heavy atom. The summed E-state index contributed by atoms with van der Waals surface area (Å²) in [5.74, 6) is -0.0390. The second-order valence-electron chi connectivity index (χ2n) is 7.84. The van der Waals surface area contributed by atoms with E-state index < -0.39 is 17.6 Å². The van der Waals surface area contributed by atoms with Crippen LogP contribution in [0.1, 0.15) is 22.3 Å². The van der Waals surface area contributed by atoms with Gasteiger partial charge >= 0.3 is 6.18 Å². The first-order valence-electron chi connectivity index (χ1n) is 10.4. The van der Waals surface area contributed by atoms with Crippen molar-refractivity contribution in [2.24, 2.45) is 0 Å². The Morgan fingerprint density at radius 3 is 2.31 bits per heavy atom. The summed E-state index contributed by atoms with van der Waals surface area (Å²) in [5.41, 5.74) is -0.543. The lowest BCUT2D eigenvalue weighted by atomic mass is 10.1. The molecule has 6 nitrogen and oxygen atoms in total. The van der Waals surface area contributed by atoms with Crippen molar-refractivity contribution in [3.8, 4) is 5.75 Å². The predicted molar refractivity (Wildman–Crippen MR) is 113 cm³/mol. The summed E-state index contributed by atoms with van der Waals surface area (Å²) in [6.07, 6.45) is -3.95. The summed E-state index contributed by atoms with van der Waals surface area (Å²) in [4.78, 5) is 31.0. The number of nitrogens with zero attached hydrogens (tertiary/aromatic N) is 3. The summed E-state index contributed by atoms with van der Waals surface area (Å²) in [6.45, 7) is 1.95. The third kappa shape index (κ3) is 4.17. The summed E-state index contributed by atoms with van der Waals surface area (Å²) >= 11 is 0. The molecule has 9 heteroatoms. The number of hydrogen-bond donors (Lipinski definition) is 0. The van der Waals surface area contributed by atoms with Crippen LogP contribution in [-0.4, -0.2) is 67.5 Å². The molecule has 4 rings (SSSR count). The third-order valence-electron chi connectivity index (χ3n) is 6.06. The monoisotopic (exact) mass is 447 g/mol. The number of alkyl halides is 3. The van der Waals surface area contributed by atoms with E-state index in [1.165, 1.54) is 23.1 Å². The second kappa shape index (κ2) is 8.82. The van der Waals surface area contributed by atoms with Crippen molar-refractivity contribution in [3.05, 3.63) is 59.7 Å². The molecule has 2 aliphatic rings. The molecule has 0 saturated carbocycles. The van der Waals surface area contributed by atoms with E-state index in [-0.39, 0.29) is 30.6 Å². The second-order valence-corrected chi connectivity index (χ2v) is 7.84. The van der Waals surface area contributed by atoms with Gasteiger partial charge < -0.3 is 14.5 Å². The lowest BCUT2D eigenvalue weighted by Gasteiger charge is -2.37. The van der Waals surface area contributed by atoms with E-state index in [9.17, 15) is 22.8 Å². The molecule has 0 aliphatic carbocycles. The highest BCUT2D eigenvalue weighted by Crippen LogP contribution is 2.34. The third-order valence-corrected chi connectivity index (χ3v) is 6.06. The Balaban J connectivity index is 1.42. The molecule has 2 fully saturated rings. The first kappa shape index (κ1) is 22.1. The van der Waals surface area contributed by atoms with E-state index >= 15 is 0 Å². The van der Waals surface area contributed by atoms with Crippen molar-refractivity contribution in [2.45, 2.75) is 18.6 Å². The number of amides is 2. The first-order chi connectivity index (χ1) is 15.3. The highest BCUT2D eigenvalue weighted by molar-refractivity contribution is 6.00. The largest absolute Gasteiger partial charge is 0.495 e. The Bertz CT molecular complexity index is 1000. The SMILES string of the molecule is COc1ccccc1N1CCC(N2CCN(C(=O)c3ccccc3C(F)(F)F)CC2)C1=O. The van der Waals surface area contributed by atoms with Crippen LogP contribution in [0.2, 0.25) is 0 Å². The van der Waals surface area contributed by atoms with Gasteiger partial charge in [-0.3, -0.25) is 14.5 Å². The fourth-order valence-corrected chi connectivity index (χ4v) is 4.42. The highest BCUT2D eigenvalue weighted by Gasteiger charge is 2.40. The summed E-state index contributed by atoms with van der Waals surface area (Å²) in [7, 11) is 1.56. The lowest BCUT2D eigenvalue weighted by molar-refractivity contribution is -0.138. The molecular weight excluding hydrogens is 423 g/mol. The number of rotatable bonds is 4. The maximum atomic E-state index is 13.3. The molecule has 2 aliphatic heterocycles. The van der Waals surface area contributed by atoms with Gasteiger partial charge in [-0.05, 0) is 30.7 Å². The van der Waals surface area contributed by atoms with Crippen molar-refractivity contribution < 1.29 is 27.5 Å². The Labute approximate surface area is 184 Å². The van der Waals surface area contributed by atoms with Gasteiger partial charge in [-0.15, -0.1) is 0 Å². The van der Waals surface area contributed by atoms with Gasteiger partial charge in [0, 0.05) is 32.7 Å². The standard InChI is InChI=1S/C23H24F3N3O3/c1-32-20-9-5-4-8-18(20)29-11-10-19(22(29)31)27-12-14-28(15-13-27)21(30)16-6-2-3-7-17(16)23(24,25)26/h2-9,19H,10-15H2,1H3. The first-order valence-corrected chi connectivity index (χ1v) is 10.4. The molecule has 2 amide bonds. The maximum Gasteiger partial charge on any atom is 0.417 e. The minimum absolute atomic E-state index is 0.0308. The number of methoxy groups -OCH3 is 1. The number of anilines is 1. The van der Waals surface area contributed by atoms with Crippen LogP contribution in [0.3, 0.4) is 0 Å². The smallest absolute Gasteiger partial charge is 0.417 e. The molecule has 1 unspecified atom stereocenters. The van der Waals surface area contributed by atoms with Crippen LogP contribution in [0.25, 0.3) is 0 Å². The Kier molecular flexibility index (Phi) is 6.10. The number of carbonyl (C=O) groups is 2. The zero-order valence-electron chi connectivity index (χ0n) is 17.6. The molecule has 2 heterocycles. The molecule has 2 saturated heterocycles. The highest BCUT2D eigenvalue weighted by atomic mass is 19.4. The summed E-state index contributed by atoms with van der Waals surface area (Å²) < 4.78 is 45.2. The molecule has 1 atom stereocenters. The van der Waals surface area contributed by atoms with Gasteiger partial charge in [0.2, 0.25) is 5.91 Å². The molecular formula is C23H24F3N3O3. The number of carbonyl (C=O) groups excluding carboxylic acids is 2. The number of halogens is 3. The van der Waals surface area contributed by atoms with Crippen LogP contribution in [0, 0.1) is 0 Å². The van der Waals surface area contributed by atoms with Gasteiger partial charge in [0.05, 0.1) is 30.0 Å². The molecule has 170 valence electrons. The molecule has 0 spiro atoms. The minimum Gasteiger partial charge on any atom is -0.495 e. The van der Waals surface area contributed by atoms with Crippen LogP contribution < -0.4 is 9.64 Å². The number of piperazine rings is 1. The molecule has 2 aromatic rings. The predicted octanol–water partition coefficient (Wildman–Crippen LogP) is 3.28. The van der Waals surface area contributed by atoms with Crippen molar-refractivity contribution in [1.82, 2.24) is 9.80 Å². The fourth-order valence-electron chi connectivity index (χ4n) is 4.42. The van der Waals surface area contributed by atoms with Crippen LogP contribution in [0.5, 0.6) is 5.75 Å². The topological polar surface area (TPSA) is 53.1 Å². The number of ether oxygens (including phenoxy) is 1. The van der Waals surface area contributed by atoms with E-state index in [1.54, 1.807) is 18.1 Å². The van der Waals surface area contributed by atoms with Gasteiger partial charge in [0.25, 0.3) is 5.91 Å². The molecule has 2 aromatic carbocycles. The van der Waals surface area contributed by atoms with E-state index in [4.69, 9.17) is 4.74 Å². The summed E-state index contributed by atoms with van der Waals surface area (Å²) in [6, 6.07) is 11.9. The molecule has 0 aromatic heterocycles. The number of para-hydroxylation sites is 2. The number of hydrogen-bond acceptors (Lipinski definition) is 4. The van der Waals surface area contributed by atoms with E-state index in [2.05, 4.69) is 0 Å². The average molecular weight is 447 g/mol. The molecule has 0 radical (unpaired) electrons. The Morgan fingerprint density at radius 2 is 1.62 bits per heavy atom. The fraction of sp³-hybridized carbons (Fsp3) is 0.391. The molecule has 0 bridgehead atoms. The minimum atomic E-state index is -4.59. The van der Waals surface area contributed by atoms with E-state index in [1.807, 2.05) is 23.1 Å². The van der Waals surface area contributed by atoms with Crippen LogP contribution >= 0.6 is 0 Å². The maximum absolute atomic E-state index is 13.3. The quantitative estimate of drug-likeness (QED) is 0.722. The molecule has 0 N–H and O–H groups in total. The molecule has 32 heavy (non-hydrogen) atoms. The normalized spacial score (nSPS) is 20.0. The number of benzene rings is 2. The van der Waals surface area contributed by atoms with Gasteiger partial charge in [-0.25, -0.2) is 0 Å². The van der Waals surface area contributed by atoms with Gasteiger partial charge in [0.15, 0.2) is 0 Å². The van der Waals surface area contributed by atoms with Crippen LogP contribution in [0.15, 0.2) is 48.5 Å². The van der Waals surface area contributed by atoms with Crippen molar-refractivity contribution in [2.75, 3.05) is 44.7 Å². The van der Waals surface area contributed by atoms with E-state index in [0.29, 0.717) is 31.8 Å². The van der Waals surface area contributed by atoms with Crippen LogP contribution in [0.4, 0.5) is 18.9 Å². The lowest BCUT2D eigenvalue weighted by Crippen LogP contribution is -2.54. The summed E-state index contributed by atoms with van der Waals surface area (Å²) in [5, 5.41) is 0. The van der Waals surface area contributed by atoms with Crippen LogP contribution in [-0.2, 0) is 11.0 Å². The zero-order valence-corrected chi connectivity index (χ0v) is 17.6. The Hall–Kier alpha value is -3.07. The van der Waals surface area contributed by atoms with Gasteiger partial charge in [-0.1, -0.05) is 24.3 Å². The van der Waals surface area contributed by atoms with Crippen molar-refractivity contribution in [3.63, 3.8) is 0 Å². The zero-order chi connectivity index (χ0) is 22.9.